The Balaban J connectivity index is 2.86. The average Bonchev–Trinajstić information content (AvgIpc) is 2.59. The van der Waals surface area contributed by atoms with Crippen molar-refractivity contribution in [2.75, 3.05) is 0 Å². The van der Waals surface area contributed by atoms with Gasteiger partial charge in [0.15, 0.2) is 5.76 Å². The Morgan fingerprint density at radius 2 is 2.31 bits per heavy atom. The molecule has 0 saturated heterocycles. The van der Waals surface area contributed by atoms with Gasteiger partial charge in [0.2, 0.25) is 0 Å². The van der Waals surface area contributed by atoms with Crippen molar-refractivity contribution in [1.29, 1.82) is 5.26 Å². The van der Waals surface area contributed by atoms with Crippen LogP contribution in [0.3, 0.4) is 0 Å². The van der Waals surface area contributed by atoms with Gasteiger partial charge < -0.3 is 9.73 Å². The van der Waals surface area contributed by atoms with E-state index in [1.165, 1.54) is 0 Å². The molecule has 0 aliphatic heterocycles. The molecule has 0 unspecified atom stereocenters. The molecule has 1 aromatic heterocycles. The molecule has 0 bridgehead atoms. The van der Waals surface area contributed by atoms with E-state index in [0.717, 1.165) is 5.56 Å². The SMILES string of the molecule is Cc1oc(C(=O)NC(C)(C)C#N)cc1CCl. The van der Waals surface area contributed by atoms with Crippen molar-refractivity contribution in [1.82, 2.24) is 5.32 Å². The number of aryl methyl sites for hydroxylation is 1. The fourth-order valence-corrected chi connectivity index (χ4v) is 1.40. The Hall–Kier alpha value is -1.47. The maximum atomic E-state index is 11.7. The molecule has 86 valence electrons. The molecule has 0 atom stereocenters. The standard InChI is InChI=1S/C11H13ClN2O2/c1-7-8(5-12)4-9(16-7)10(15)14-11(2,3)6-13/h4H,5H2,1-3H3,(H,14,15). The summed E-state index contributed by atoms with van der Waals surface area (Å²) in [6, 6.07) is 3.57. The van der Waals surface area contributed by atoms with Crippen molar-refractivity contribution in [3.05, 3.63) is 23.2 Å². The quantitative estimate of drug-likeness (QED) is 0.825. The highest BCUT2D eigenvalue weighted by molar-refractivity contribution is 6.17. The fourth-order valence-electron chi connectivity index (χ4n) is 1.14. The Labute approximate surface area is 99.2 Å². The first-order valence-electron chi connectivity index (χ1n) is 4.78. The topological polar surface area (TPSA) is 66.0 Å². The Bertz CT molecular complexity index is 443. The van der Waals surface area contributed by atoms with Gasteiger partial charge in [-0.15, -0.1) is 11.6 Å². The third-order valence-corrected chi connectivity index (χ3v) is 2.38. The minimum absolute atomic E-state index is 0.177. The van der Waals surface area contributed by atoms with Gasteiger partial charge in [-0.3, -0.25) is 4.79 Å². The van der Waals surface area contributed by atoms with E-state index >= 15 is 0 Å². The van der Waals surface area contributed by atoms with Crippen molar-refractivity contribution >= 4 is 17.5 Å². The van der Waals surface area contributed by atoms with E-state index in [1.54, 1.807) is 26.8 Å². The van der Waals surface area contributed by atoms with Gasteiger partial charge in [-0.1, -0.05) is 0 Å². The molecule has 0 radical (unpaired) electrons. The number of nitrogens with one attached hydrogen (secondary N) is 1. The highest BCUT2D eigenvalue weighted by Gasteiger charge is 2.22. The summed E-state index contributed by atoms with van der Waals surface area (Å²) in [6.45, 7) is 4.97. The summed E-state index contributed by atoms with van der Waals surface area (Å²) in [7, 11) is 0. The van der Waals surface area contributed by atoms with Crippen molar-refractivity contribution in [2.24, 2.45) is 0 Å². The highest BCUT2D eigenvalue weighted by atomic mass is 35.5. The van der Waals surface area contributed by atoms with Gasteiger partial charge in [-0.05, 0) is 26.8 Å². The summed E-state index contributed by atoms with van der Waals surface area (Å²) < 4.78 is 5.25. The summed E-state index contributed by atoms with van der Waals surface area (Å²) in [5.74, 6) is 0.682. The lowest BCUT2D eigenvalue weighted by atomic mass is 10.1. The maximum Gasteiger partial charge on any atom is 0.288 e. The Morgan fingerprint density at radius 3 is 2.75 bits per heavy atom. The minimum Gasteiger partial charge on any atom is -0.456 e. The number of amides is 1. The van der Waals surface area contributed by atoms with Crippen LogP contribution in [0.1, 0.15) is 35.7 Å². The number of hydrogen-bond donors (Lipinski definition) is 1. The zero-order valence-corrected chi connectivity index (χ0v) is 10.2. The van der Waals surface area contributed by atoms with E-state index in [0.29, 0.717) is 11.6 Å². The third kappa shape index (κ3) is 2.77. The summed E-state index contributed by atoms with van der Waals surface area (Å²) in [6.07, 6.45) is 0. The van der Waals surface area contributed by atoms with Gasteiger partial charge in [0.05, 0.1) is 11.9 Å². The van der Waals surface area contributed by atoms with Gasteiger partial charge >= 0.3 is 0 Å². The van der Waals surface area contributed by atoms with Crippen LogP contribution >= 0.6 is 11.6 Å². The number of carbonyl (C=O) groups excluding carboxylic acids is 1. The van der Waals surface area contributed by atoms with Crippen molar-refractivity contribution in [3.63, 3.8) is 0 Å². The van der Waals surface area contributed by atoms with E-state index in [4.69, 9.17) is 21.3 Å². The first kappa shape index (κ1) is 12.6. The predicted octanol–water partition coefficient (Wildman–Crippen LogP) is 2.36. The van der Waals surface area contributed by atoms with E-state index in [-0.39, 0.29) is 5.76 Å². The van der Waals surface area contributed by atoms with Gasteiger partial charge in [0.25, 0.3) is 5.91 Å². The first-order chi connectivity index (χ1) is 7.39. The van der Waals surface area contributed by atoms with Crippen LogP contribution in [0.15, 0.2) is 10.5 Å². The molecule has 1 N–H and O–H groups in total. The first-order valence-corrected chi connectivity index (χ1v) is 5.32. The van der Waals surface area contributed by atoms with Crippen molar-refractivity contribution in [3.8, 4) is 6.07 Å². The number of carbonyl (C=O) groups is 1. The second-order valence-corrected chi connectivity index (χ2v) is 4.28. The molecule has 1 aromatic rings. The van der Waals surface area contributed by atoms with Gasteiger partial charge in [-0.2, -0.15) is 5.26 Å². The van der Waals surface area contributed by atoms with Crippen molar-refractivity contribution < 1.29 is 9.21 Å². The number of hydrogen-bond acceptors (Lipinski definition) is 3. The lowest BCUT2D eigenvalue weighted by molar-refractivity contribution is 0.0899. The average molecular weight is 241 g/mol. The normalized spacial score (nSPS) is 10.9. The summed E-state index contributed by atoms with van der Waals surface area (Å²) in [5, 5.41) is 11.3. The van der Waals surface area contributed by atoms with Crippen LogP contribution in [0.2, 0.25) is 0 Å². The van der Waals surface area contributed by atoms with E-state index in [2.05, 4.69) is 5.32 Å². The molecular weight excluding hydrogens is 228 g/mol. The summed E-state index contributed by atoms with van der Waals surface area (Å²) >= 11 is 5.67. The van der Waals surface area contributed by atoms with E-state index < -0.39 is 11.4 Å². The molecule has 1 rings (SSSR count). The lowest BCUT2D eigenvalue weighted by Crippen LogP contribution is -2.41. The maximum absolute atomic E-state index is 11.7. The number of nitriles is 1. The molecule has 0 saturated carbocycles. The monoisotopic (exact) mass is 240 g/mol. The number of furan rings is 1. The molecule has 1 heterocycles. The van der Waals surface area contributed by atoms with Crippen LogP contribution in [0.4, 0.5) is 0 Å². The number of alkyl halides is 1. The zero-order valence-electron chi connectivity index (χ0n) is 9.43. The summed E-state index contributed by atoms with van der Waals surface area (Å²) in [5.41, 5.74) is -0.139. The van der Waals surface area contributed by atoms with E-state index in [9.17, 15) is 4.79 Å². The molecule has 0 aliphatic carbocycles. The van der Waals surface area contributed by atoms with Crippen LogP contribution in [0.25, 0.3) is 0 Å². The fraction of sp³-hybridized carbons (Fsp3) is 0.455. The predicted molar refractivity (Wildman–Crippen MR) is 60.2 cm³/mol. The molecule has 0 fully saturated rings. The Kier molecular flexibility index (Phi) is 3.61. The molecule has 0 spiro atoms. The van der Waals surface area contributed by atoms with Crippen LogP contribution in [-0.4, -0.2) is 11.4 Å². The molecule has 0 aromatic carbocycles. The van der Waals surface area contributed by atoms with Gasteiger partial charge in [0.1, 0.15) is 11.3 Å². The molecule has 1 amide bonds. The zero-order chi connectivity index (χ0) is 12.3. The van der Waals surface area contributed by atoms with Gasteiger partial charge in [-0.25, -0.2) is 0 Å². The second kappa shape index (κ2) is 4.58. The van der Waals surface area contributed by atoms with Crippen LogP contribution in [0.5, 0.6) is 0 Å². The smallest absolute Gasteiger partial charge is 0.288 e. The largest absolute Gasteiger partial charge is 0.456 e. The van der Waals surface area contributed by atoms with E-state index in [1.807, 2.05) is 6.07 Å². The van der Waals surface area contributed by atoms with Crippen LogP contribution in [0, 0.1) is 18.3 Å². The second-order valence-electron chi connectivity index (χ2n) is 4.02. The Morgan fingerprint density at radius 1 is 1.69 bits per heavy atom. The van der Waals surface area contributed by atoms with Crippen molar-refractivity contribution in [2.45, 2.75) is 32.2 Å². The number of halogens is 1. The summed E-state index contributed by atoms with van der Waals surface area (Å²) in [4.78, 5) is 11.7. The molecule has 5 heteroatoms. The van der Waals surface area contributed by atoms with Crippen LogP contribution < -0.4 is 5.32 Å². The molecular formula is C11H13ClN2O2. The molecule has 16 heavy (non-hydrogen) atoms. The number of nitrogens with zero attached hydrogens (tertiary/aromatic N) is 1. The molecule has 4 nitrogen and oxygen atoms in total. The molecule has 0 aliphatic rings. The minimum atomic E-state index is -0.918. The number of rotatable bonds is 3. The highest BCUT2D eigenvalue weighted by Crippen LogP contribution is 2.17. The van der Waals surface area contributed by atoms with Gasteiger partial charge in [0, 0.05) is 5.56 Å². The lowest BCUT2D eigenvalue weighted by Gasteiger charge is -2.15. The third-order valence-electron chi connectivity index (χ3n) is 2.09. The van der Waals surface area contributed by atoms with Crippen LogP contribution in [-0.2, 0) is 5.88 Å².